The summed E-state index contributed by atoms with van der Waals surface area (Å²) in [5, 5.41) is 16.8. The second-order valence-electron chi connectivity index (χ2n) is 8.57. The number of hydrogen-bond donors (Lipinski definition) is 3. The topological polar surface area (TPSA) is 131 Å². The summed E-state index contributed by atoms with van der Waals surface area (Å²) >= 11 is 0. The Labute approximate surface area is 191 Å². The molecule has 0 aliphatic carbocycles. The van der Waals surface area contributed by atoms with Crippen molar-refractivity contribution < 1.29 is 5.11 Å². The van der Waals surface area contributed by atoms with E-state index >= 15 is 0 Å². The molecule has 168 valence electrons. The van der Waals surface area contributed by atoms with Gasteiger partial charge in [0.1, 0.15) is 11.2 Å². The molecular weight excluding hydrogens is 416 g/mol. The molecule has 0 aromatic carbocycles. The predicted octanol–water partition coefficient (Wildman–Crippen LogP) is 3.59. The van der Waals surface area contributed by atoms with Gasteiger partial charge in [-0.05, 0) is 36.5 Å². The molecule has 0 saturated carbocycles. The second-order valence-corrected chi connectivity index (χ2v) is 8.57. The van der Waals surface area contributed by atoms with E-state index in [0.29, 0.717) is 24.2 Å². The van der Waals surface area contributed by atoms with Crippen LogP contribution in [0.4, 0.5) is 5.95 Å². The summed E-state index contributed by atoms with van der Waals surface area (Å²) in [7, 11) is 1.88. The lowest BCUT2D eigenvalue weighted by atomic mass is 9.82. The number of aromatic nitrogens is 6. The lowest BCUT2D eigenvalue weighted by Gasteiger charge is -2.31. The average Bonchev–Trinajstić information content (AvgIpc) is 3.44. The van der Waals surface area contributed by atoms with Crippen LogP contribution >= 0.6 is 0 Å². The van der Waals surface area contributed by atoms with Crippen molar-refractivity contribution in [2.45, 2.75) is 32.3 Å². The van der Waals surface area contributed by atoms with Crippen LogP contribution in [-0.2, 0) is 12.6 Å². The number of pyridine rings is 1. The van der Waals surface area contributed by atoms with Crippen molar-refractivity contribution in [3.63, 3.8) is 0 Å². The molecule has 0 amide bonds. The standard InChI is InChI=1S/C24H26N8O/c1-4-24(33,17-5-14(2)8-26-11-17)21-7-20(30-23(25)31-21)19-12-28-22-18(19)6-15(9-27-22)16-10-29-32(3)13-16/h6-14,33H,4-5H2,1-3H3,(H,27,28)(H2,25,30,31). The zero-order valence-corrected chi connectivity index (χ0v) is 18.8. The van der Waals surface area contributed by atoms with Crippen LogP contribution in [0.15, 0.2) is 53.7 Å². The van der Waals surface area contributed by atoms with E-state index in [1.807, 2.05) is 44.8 Å². The highest BCUT2D eigenvalue weighted by Crippen LogP contribution is 2.39. The fourth-order valence-electron chi connectivity index (χ4n) is 4.34. The number of anilines is 1. The van der Waals surface area contributed by atoms with Crippen molar-refractivity contribution in [2.75, 3.05) is 5.73 Å². The van der Waals surface area contributed by atoms with Crippen LogP contribution in [0.3, 0.4) is 0 Å². The van der Waals surface area contributed by atoms with E-state index < -0.39 is 5.60 Å². The van der Waals surface area contributed by atoms with Crippen LogP contribution in [-0.4, -0.2) is 41.0 Å². The Balaban J connectivity index is 1.62. The first-order valence-electron chi connectivity index (χ1n) is 10.9. The molecular formula is C24H26N8O. The van der Waals surface area contributed by atoms with Crippen LogP contribution in [0.25, 0.3) is 33.4 Å². The van der Waals surface area contributed by atoms with Gasteiger partial charge in [-0.1, -0.05) is 13.8 Å². The molecule has 4 aromatic rings. The van der Waals surface area contributed by atoms with Gasteiger partial charge in [0.2, 0.25) is 5.95 Å². The first kappa shape index (κ1) is 21.0. The van der Waals surface area contributed by atoms with Crippen molar-refractivity contribution in [3.8, 4) is 22.4 Å². The molecule has 0 spiro atoms. The quantitative estimate of drug-likeness (QED) is 0.433. The number of nitrogens with two attached hydrogens (primary N) is 1. The molecule has 2 atom stereocenters. The summed E-state index contributed by atoms with van der Waals surface area (Å²) in [6, 6.07) is 3.86. The van der Waals surface area contributed by atoms with E-state index in [2.05, 4.69) is 43.0 Å². The fraction of sp³-hybridized carbons (Fsp3) is 0.292. The molecule has 5 rings (SSSR count). The van der Waals surface area contributed by atoms with Crippen LogP contribution < -0.4 is 5.73 Å². The molecule has 1 aliphatic heterocycles. The summed E-state index contributed by atoms with van der Waals surface area (Å²) in [5.74, 6) is 0.348. The Morgan fingerprint density at radius 2 is 2.09 bits per heavy atom. The number of nitrogens with zero attached hydrogens (tertiary/aromatic N) is 6. The van der Waals surface area contributed by atoms with Gasteiger partial charge in [-0.2, -0.15) is 5.10 Å². The van der Waals surface area contributed by atoms with Crippen molar-refractivity contribution in [2.24, 2.45) is 18.0 Å². The van der Waals surface area contributed by atoms with Gasteiger partial charge in [0.15, 0.2) is 0 Å². The molecule has 2 unspecified atom stereocenters. The highest BCUT2D eigenvalue weighted by atomic mass is 16.3. The summed E-state index contributed by atoms with van der Waals surface area (Å²) in [4.78, 5) is 21.0. The Kier molecular flexibility index (Phi) is 5.05. The molecule has 0 saturated heterocycles. The molecule has 33 heavy (non-hydrogen) atoms. The zero-order chi connectivity index (χ0) is 23.2. The number of aliphatic imine (C=N–C) groups is 1. The summed E-state index contributed by atoms with van der Waals surface area (Å²) in [6.07, 6.45) is 12.2. The minimum absolute atomic E-state index is 0.105. The van der Waals surface area contributed by atoms with Crippen LogP contribution in [0.2, 0.25) is 0 Å². The molecule has 4 N–H and O–H groups in total. The summed E-state index contributed by atoms with van der Waals surface area (Å²) in [6.45, 7) is 4.00. The maximum atomic E-state index is 11.7. The van der Waals surface area contributed by atoms with Gasteiger partial charge in [-0.25, -0.2) is 15.0 Å². The summed E-state index contributed by atoms with van der Waals surface area (Å²) in [5.41, 5.74) is 10.2. The fourth-order valence-corrected chi connectivity index (χ4v) is 4.34. The van der Waals surface area contributed by atoms with Crippen LogP contribution in [0, 0.1) is 5.92 Å². The third-order valence-corrected chi connectivity index (χ3v) is 6.17. The van der Waals surface area contributed by atoms with Gasteiger partial charge in [-0.15, -0.1) is 0 Å². The number of aromatic amines is 1. The van der Waals surface area contributed by atoms with Crippen molar-refractivity contribution in [3.05, 3.63) is 54.4 Å². The Bertz CT molecular complexity index is 1400. The Hall–Kier alpha value is -3.85. The lowest BCUT2D eigenvalue weighted by molar-refractivity contribution is 0.0621. The van der Waals surface area contributed by atoms with Gasteiger partial charge in [0.05, 0.1) is 17.6 Å². The predicted molar refractivity (Wildman–Crippen MR) is 128 cm³/mol. The maximum absolute atomic E-state index is 11.7. The number of aliphatic hydroxyl groups is 1. The van der Waals surface area contributed by atoms with E-state index in [-0.39, 0.29) is 11.9 Å². The number of nitrogens with one attached hydrogen (secondary N) is 1. The van der Waals surface area contributed by atoms with E-state index in [4.69, 9.17) is 5.73 Å². The minimum Gasteiger partial charge on any atom is -0.379 e. The van der Waals surface area contributed by atoms with E-state index in [0.717, 1.165) is 33.3 Å². The molecule has 0 radical (unpaired) electrons. The van der Waals surface area contributed by atoms with Crippen molar-refractivity contribution >= 4 is 23.2 Å². The molecule has 0 bridgehead atoms. The third kappa shape index (κ3) is 3.70. The largest absolute Gasteiger partial charge is 0.379 e. The minimum atomic E-state index is -1.27. The molecule has 1 aliphatic rings. The second kappa shape index (κ2) is 7.93. The van der Waals surface area contributed by atoms with E-state index in [1.54, 1.807) is 17.1 Å². The highest BCUT2D eigenvalue weighted by Gasteiger charge is 2.35. The molecule has 9 heteroatoms. The Morgan fingerprint density at radius 3 is 2.82 bits per heavy atom. The van der Waals surface area contributed by atoms with Crippen molar-refractivity contribution in [1.82, 2.24) is 29.7 Å². The smallest absolute Gasteiger partial charge is 0.220 e. The van der Waals surface area contributed by atoms with E-state index in [1.165, 1.54) is 0 Å². The summed E-state index contributed by atoms with van der Waals surface area (Å²) < 4.78 is 1.76. The van der Waals surface area contributed by atoms with Gasteiger partial charge in [-0.3, -0.25) is 9.67 Å². The SMILES string of the molecule is CCC(O)(C1=CN=CC(C)C1)c1cc(-c2c[nH]c3ncc(-c4cnn(C)c4)cc23)nc(N)n1. The number of hydrogen-bond acceptors (Lipinski definition) is 7. The van der Waals surface area contributed by atoms with Gasteiger partial charge in [0, 0.05) is 60.1 Å². The van der Waals surface area contributed by atoms with Gasteiger partial charge < -0.3 is 15.8 Å². The first-order chi connectivity index (χ1) is 15.9. The number of rotatable bonds is 5. The third-order valence-electron chi connectivity index (χ3n) is 6.17. The normalized spacial score (nSPS) is 17.8. The van der Waals surface area contributed by atoms with Crippen LogP contribution in [0.5, 0.6) is 0 Å². The maximum Gasteiger partial charge on any atom is 0.220 e. The molecule has 5 heterocycles. The monoisotopic (exact) mass is 442 g/mol. The number of fused-ring (bicyclic) bond motifs is 1. The number of H-pyrrole nitrogens is 1. The number of aryl methyl sites for hydroxylation is 1. The molecule has 9 nitrogen and oxygen atoms in total. The Morgan fingerprint density at radius 1 is 1.24 bits per heavy atom. The van der Waals surface area contributed by atoms with Gasteiger partial charge in [0.25, 0.3) is 0 Å². The average molecular weight is 443 g/mol. The number of nitrogen functional groups attached to an aromatic ring is 1. The molecule has 4 aromatic heterocycles. The van der Waals surface area contributed by atoms with Crippen molar-refractivity contribution in [1.29, 1.82) is 0 Å². The first-order valence-corrected chi connectivity index (χ1v) is 10.9. The van der Waals surface area contributed by atoms with Crippen LogP contribution in [0.1, 0.15) is 32.4 Å². The van der Waals surface area contributed by atoms with E-state index in [9.17, 15) is 5.11 Å². The lowest BCUT2D eigenvalue weighted by Crippen LogP contribution is -2.31. The zero-order valence-electron chi connectivity index (χ0n) is 18.8. The van der Waals surface area contributed by atoms with Gasteiger partial charge >= 0.3 is 0 Å². The molecule has 0 fully saturated rings. The highest BCUT2D eigenvalue weighted by molar-refractivity contribution is 5.95.